The van der Waals surface area contributed by atoms with E-state index in [0.29, 0.717) is 22.4 Å². The van der Waals surface area contributed by atoms with E-state index in [1.165, 1.54) is 13.3 Å². The third kappa shape index (κ3) is 2.94. The number of carbonyl (C=O) groups excluding carboxylic acids is 2. The number of pyridine rings is 1. The van der Waals surface area contributed by atoms with Crippen molar-refractivity contribution in [2.75, 3.05) is 13.7 Å². The Morgan fingerprint density at radius 1 is 1.50 bits per heavy atom. The zero-order valence-corrected chi connectivity index (χ0v) is 12.9. The first kappa shape index (κ1) is 16.0. The van der Waals surface area contributed by atoms with Gasteiger partial charge in [0, 0.05) is 18.0 Å². The minimum atomic E-state index is -1.50. The Morgan fingerprint density at radius 3 is 2.92 bits per heavy atom. The largest absolute Gasteiger partial charge is 0.496 e. The highest BCUT2D eigenvalue weighted by Gasteiger charge is 2.32. The number of fused-ring (bicyclic) bond motifs is 1. The fourth-order valence-corrected chi connectivity index (χ4v) is 2.65. The van der Waals surface area contributed by atoms with Gasteiger partial charge in [0.15, 0.2) is 6.17 Å². The Kier molecular flexibility index (Phi) is 4.20. The molecular weight excluding hydrogens is 317 g/mol. The Morgan fingerprint density at radius 2 is 2.29 bits per heavy atom. The Labute approximate surface area is 136 Å². The molecule has 0 saturated carbocycles. The van der Waals surface area contributed by atoms with Gasteiger partial charge in [-0.25, -0.2) is 9.37 Å². The van der Waals surface area contributed by atoms with Crippen LogP contribution in [0.15, 0.2) is 24.4 Å². The average Bonchev–Trinajstić information content (AvgIpc) is 2.89. The summed E-state index contributed by atoms with van der Waals surface area (Å²) in [7, 11) is 1.43. The highest BCUT2D eigenvalue weighted by atomic mass is 19.1. The molecule has 1 saturated heterocycles. The molecule has 1 aliphatic heterocycles. The number of benzene rings is 1. The van der Waals surface area contributed by atoms with Crippen molar-refractivity contribution in [1.29, 1.82) is 0 Å². The smallest absolute Gasteiger partial charge is 0.254 e. The van der Waals surface area contributed by atoms with Crippen LogP contribution in [0.1, 0.15) is 16.8 Å². The molecule has 2 atom stereocenters. The first-order valence-corrected chi connectivity index (χ1v) is 7.33. The summed E-state index contributed by atoms with van der Waals surface area (Å²) in [5.41, 5.74) is 5.60. The van der Waals surface area contributed by atoms with E-state index in [-0.39, 0.29) is 18.6 Å². The van der Waals surface area contributed by atoms with Gasteiger partial charge in [0.2, 0.25) is 5.88 Å². The number of hydrogen-bond donors (Lipinski definition) is 2. The number of amides is 2. The third-order valence-corrected chi connectivity index (χ3v) is 3.86. The van der Waals surface area contributed by atoms with Crippen molar-refractivity contribution in [3.63, 3.8) is 0 Å². The van der Waals surface area contributed by atoms with Crippen molar-refractivity contribution in [1.82, 2.24) is 10.3 Å². The van der Waals surface area contributed by atoms with E-state index >= 15 is 0 Å². The second-order valence-electron chi connectivity index (χ2n) is 5.47. The summed E-state index contributed by atoms with van der Waals surface area (Å²) in [6.45, 7) is 0.0954. The number of aromatic nitrogens is 1. The van der Waals surface area contributed by atoms with E-state index in [4.69, 9.17) is 15.2 Å². The number of nitrogens with two attached hydrogens (primary N) is 1. The number of alkyl halides is 1. The molecule has 0 bridgehead atoms. The monoisotopic (exact) mass is 333 g/mol. The molecule has 2 aromatic rings. The molecule has 1 unspecified atom stereocenters. The van der Waals surface area contributed by atoms with Gasteiger partial charge in [-0.15, -0.1) is 0 Å². The van der Waals surface area contributed by atoms with E-state index in [0.717, 1.165) is 0 Å². The number of halogens is 1. The van der Waals surface area contributed by atoms with Crippen molar-refractivity contribution in [2.24, 2.45) is 5.73 Å². The van der Waals surface area contributed by atoms with E-state index in [1.54, 1.807) is 18.2 Å². The molecular formula is C16H16FN3O4. The predicted molar refractivity (Wildman–Crippen MR) is 83.8 cm³/mol. The lowest BCUT2D eigenvalue weighted by atomic mass is 10.1. The van der Waals surface area contributed by atoms with Crippen molar-refractivity contribution in [2.45, 2.75) is 18.6 Å². The quantitative estimate of drug-likeness (QED) is 0.848. The first-order chi connectivity index (χ1) is 11.5. The first-order valence-electron chi connectivity index (χ1n) is 7.33. The van der Waals surface area contributed by atoms with Crippen LogP contribution in [0.2, 0.25) is 0 Å². The summed E-state index contributed by atoms with van der Waals surface area (Å²) in [5.74, 6) is -0.609. The van der Waals surface area contributed by atoms with Crippen molar-refractivity contribution in [3.8, 4) is 11.6 Å². The fourth-order valence-electron chi connectivity index (χ4n) is 2.65. The van der Waals surface area contributed by atoms with Gasteiger partial charge in [0.25, 0.3) is 11.8 Å². The summed E-state index contributed by atoms with van der Waals surface area (Å²) in [5, 5.41) is 3.84. The maximum Gasteiger partial charge on any atom is 0.254 e. The zero-order chi connectivity index (χ0) is 17.3. The summed E-state index contributed by atoms with van der Waals surface area (Å²) in [6, 6.07) is 4.52. The van der Waals surface area contributed by atoms with Crippen LogP contribution in [0.3, 0.4) is 0 Å². The number of nitrogens with zero attached hydrogens (tertiary/aromatic N) is 1. The van der Waals surface area contributed by atoms with Crippen LogP contribution in [-0.4, -0.2) is 42.7 Å². The Bertz CT molecular complexity index is 811. The maximum absolute atomic E-state index is 13.2. The molecule has 7 nitrogen and oxygen atoms in total. The summed E-state index contributed by atoms with van der Waals surface area (Å²) < 4.78 is 24.0. The van der Waals surface area contributed by atoms with Gasteiger partial charge in [-0.2, -0.15) is 0 Å². The lowest BCUT2D eigenvalue weighted by molar-refractivity contribution is -0.123. The van der Waals surface area contributed by atoms with Gasteiger partial charge in [-0.1, -0.05) is 0 Å². The van der Waals surface area contributed by atoms with Crippen LogP contribution in [0.25, 0.3) is 10.8 Å². The van der Waals surface area contributed by atoms with Crippen LogP contribution < -0.4 is 20.5 Å². The molecule has 1 aromatic carbocycles. The van der Waals surface area contributed by atoms with E-state index in [1.807, 2.05) is 0 Å². The second-order valence-corrected chi connectivity index (χ2v) is 5.47. The molecule has 3 rings (SSSR count). The van der Waals surface area contributed by atoms with Crippen molar-refractivity contribution in [3.05, 3.63) is 30.0 Å². The molecule has 126 valence electrons. The van der Waals surface area contributed by atoms with Crippen LogP contribution in [-0.2, 0) is 4.79 Å². The lowest BCUT2D eigenvalue weighted by Gasteiger charge is -2.14. The number of hydrogen-bond acceptors (Lipinski definition) is 5. The lowest BCUT2D eigenvalue weighted by Crippen LogP contribution is -2.31. The zero-order valence-electron chi connectivity index (χ0n) is 12.9. The minimum Gasteiger partial charge on any atom is -0.496 e. The van der Waals surface area contributed by atoms with Crippen LogP contribution in [0.5, 0.6) is 11.6 Å². The van der Waals surface area contributed by atoms with Crippen LogP contribution in [0, 0.1) is 0 Å². The minimum absolute atomic E-state index is 0.0682. The number of primary amides is 1. The predicted octanol–water partition coefficient (Wildman–Crippen LogP) is 0.948. The topological polar surface area (TPSA) is 104 Å². The van der Waals surface area contributed by atoms with E-state index in [2.05, 4.69) is 10.3 Å². The summed E-state index contributed by atoms with van der Waals surface area (Å²) in [6.07, 6.45) is 0.0936. The van der Waals surface area contributed by atoms with Crippen molar-refractivity contribution < 1.29 is 23.5 Å². The summed E-state index contributed by atoms with van der Waals surface area (Å²) >= 11 is 0. The van der Waals surface area contributed by atoms with Gasteiger partial charge in [0.05, 0.1) is 18.7 Å². The highest BCUT2D eigenvalue weighted by Crippen LogP contribution is 2.30. The fraction of sp³-hybridized carbons (Fsp3) is 0.312. The second kappa shape index (κ2) is 6.31. The number of ether oxygens (including phenoxy) is 2. The molecule has 8 heteroatoms. The van der Waals surface area contributed by atoms with Crippen molar-refractivity contribution >= 4 is 22.6 Å². The Hall–Kier alpha value is -2.90. The van der Waals surface area contributed by atoms with Crippen LogP contribution >= 0.6 is 0 Å². The van der Waals surface area contributed by atoms with Gasteiger partial charge < -0.3 is 20.5 Å². The van der Waals surface area contributed by atoms with Crippen LogP contribution in [0.4, 0.5) is 4.39 Å². The standard InChI is InChI=1S/C16H16FN3O4/c1-23-13-6-10-8(4-11(13)14(18)21)2-3-19-16(10)24-7-9-5-12(17)15(22)20-9/h2-4,6,9,12H,5,7H2,1H3,(H2,18,21)(H,20,22)/t9?,12-/m0/s1. The average molecular weight is 333 g/mol. The molecule has 0 aliphatic carbocycles. The molecule has 2 heterocycles. The number of carbonyl (C=O) groups is 2. The van der Waals surface area contributed by atoms with E-state index in [9.17, 15) is 14.0 Å². The SMILES string of the molecule is COc1cc2c(OCC3C[C@H](F)C(=O)N3)nccc2cc1C(N)=O. The van der Waals surface area contributed by atoms with E-state index < -0.39 is 24.0 Å². The highest BCUT2D eigenvalue weighted by molar-refractivity contribution is 6.01. The molecule has 24 heavy (non-hydrogen) atoms. The summed E-state index contributed by atoms with van der Waals surface area (Å²) in [4.78, 5) is 26.8. The molecule has 0 spiro atoms. The molecule has 2 amide bonds. The third-order valence-electron chi connectivity index (χ3n) is 3.86. The molecule has 1 aliphatic rings. The van der Waals surface area contributed by atoms with Gasteiger partial charge in [-0.3, -0.25) is 9.59 Å². The molecule has 1 fully saturated rings. The molecule has 3 N–H and O–H groups in total. The molecule has 0 radical (unpaired) electrons. The Balaban J connectivity index is 1.88. The normalized spacial score (nSPS) is 20.0. The van der Waals surface area contributed by atoms with Gasteiger partial charge >= 0.3 is 0 Å². The molecule has 1 aromatic heterocycles. The number of rotatable bonds is 5. The maximum atomic E-state index is 13.2. The number of methoxy groups -OCH3 is 1. The van der Waals surface area contributed by atoms with Gasteiger partial charge in [-0.05, 0) is 23.6 Å². The number of nitrogens with one attached hydrogen (secondary N) is 1. The van der Waals surface area contributed by atoms with Gasteiger partial charge in [0.1, 0.15) is 12.4 Å².